The van der Waals surface area contributed by atoms with Crippen LogP contribution in [-0.4, -0.2) is 23.2 Å². The molecule has 0 saturated heterocycles. The lowest BCUT2D eigenvalue weighted by Crippen LogP contribution is -2.66. The van der Waals surface area contributed by atoms with Gasteiger partial charge in [-0.3, -0.25) is 0 Å². The van der Waals surface area contributed by atoms with Gasteiger partial charge >= 0.3 is 5.97 Å². The van der Waals surface area contributed by atoms with E-state index >= 15 is 0 Å². The molecule has 0 aliphatic heterocycles. The van der Waals surface area contributed by atoms with Crippen molar-refractivity contribution in [2.45, 2.75) is 65.2 Å². The maximum Gasteiger partial charge on any atom is 0.365 e. The molecule has 1 aromatic carbocycles. The Labute approximate surface area is 127 Å². The predicted octanol–water partition coefficient (Wildman–Crippen LogP) is 2.36. The highest BCUT2D eigenvalue weighted by molar-refractivity contribution is 5.74. The molecule has 3 N–H and O–H groups in total. The van der Waals surface area contributed by atoms with Crippen molar-refractivity contribution in [1.82, 2.24) is 0 Å². The van der Waals surface area contributed by atoms with E-state index in [2.05, 4.69) is 5.73 Å². The number of quaternary nitrogens is 1. The fourth-order valence-corrected chi connectivity index (χ4v) is 1.80. The lowest BCUT2D eigenvalue weighted by molar-refractivity contribution is -0.409. The van der Waals surface area contributed by atoms with Crippen LogP contribution < -0.4 is 10.5 Å². The smallest absolute Gasteiger partial charge is 0.365 e. The molecular formula is C17H28NO3+. The first-order valence-corrected chi connectivity index (χ1v) is 7.30. The molecule has 0 radical (unpaired) electrons. The molecule has 4 nitrogen and oxygen atoms in total. The molecule has 0 saturated carbocycles. The summed E-state index contributed by atoms with van der Waals surface area (Å²) in [6.45, 7) is 11.6. The van der Waals surface area contributed by atoms with E-state index in [-0.39, 0.29) is 11.6 Å². The van der Waals surface area contributed by atoms with Crippen molar-refractivity contribution >= 4 is 5.97 Å². The Bertz CT molecular complexity index is 466. The van der Waals surface area contributed by atoms with Crippen LogP contribution in [0.5, 0.6) is 5.75 Å². The van der Waals surface area contributed by atoms with E-state index in [9.17, 15) is 4.79 Å². The molecule has 0 aromatic heterocycles. The van der Waals surface area contributed by atoms with Gasteiger partial charge in [-0.15, -0.1) is 0 Å². The minimum absolute atomic E-state index is 0.215. The molecule has 21 heavy (non-hydrogen) atoms. The molecule has 0 amide bonds. The normalized spacial score (nSPS) is 13.7. The molecule has 1 atom stereocenters. The SMILES string of the molecule is CC(C)(C)O[13C](=O)[13C@@H]([NH3+])[13CH2][13c]1[13cH][13cH][13c](OC(C)(C)C)[13cH][13cH]1. The van der Waals surface area contributed by atoms with Crippen molar-refractivity contribution in [2.24, 2.45) is 0 Å². The molecule has 0 spiro atoms. The summed E-state index contributed by atoms with van der Waals surface area (Å²) in [5, 5.41) is 0. The van der Waals surface area contributed by atoms with Gasteiger partial charge in [0.15, 0.2) is 6.04 Å². The standard InChI is InChI=1S/C17H27NO3/c1-16(2,3)20-13-9-7-12(8-10-13)11-14(18)15(19)21-17(4,5)6/h7-10,14H,11,18H2,1-6H3/p+1/t14-/m0/s1/i7+1,8+1,9+1,10+1,11+1,12+1,13+1,14+1,15+1. The minimum atomic E-state index is -0.475. The number of ether oxygens (including phenoxy) is 2. The topological polar surface area (TPSA) is 63.2 Å². The average molecular weight is 303 g/mol. The molecule has 1 aromatic rings. The van der Waals surface area contributed by atoms with E-state index in [1.54, 1.807) is 0 Å². The second kappa shape index (κ2) is 6.48. The highest BCUT2D eigenvalue weighted by Gasteiger charge is 2.25. The van der Waals surface area contributed by atoms with Crippen molar-refractivity contribution in [2.75, 3.05) is 0 Å². The van der Waals surface area contributed by atoms with E-state index in [0.29, 0.717) is 6.42 Å². The van der Waals surface area contributed by atoms with Crippen LogP contribution in [0.2, 0.25) is 0 Å². The monoisotopic (exact) mass is 303 g/mol. The summed E-state index contributed by atoms with van der Waals surface area (Å²) < 4.78 is 11.1. The Morgan fingerprint density at radius 3 is 2.00 bits per heavy atom. The lowest BCUT2D eigenvalue weighted by Gasteiger charge is -2.22. The predicted molar refractivity (Wildman–Crippen MR) is 83.0 cm³/mol. The van der Waals surface area contributed by atoms with E-state index in [1.165, 1.54) is 0 Å². The largest absolute Gasteiger partial charge is 0.488 e. The van der Waals surface area contributed by atoms with Gasteiger partial charge in [-0.25, -0.2) is 4.79 Å². The Hall–Kier alpha value is -1.55. The molecule has 0 unspecified atom stereocenters. The van der Waals surface area contributed by atoms with Crippen LogP contribution >= 0.6 is 0 Å². The van der Waals surface area contributed by atoms with Crippen LogP contribution in [-0.2, 0) is 16.0 Å². The first-order chi connectivity index (χ1) is 9.46. The second-order valence-electron chi connectivity index (χ2n) is 7.29. The van der Waals surface area contributed by atoms with Crippen LogP contribution in [0.15, 0.2) is 24.3 Å². The summed E-state index contributed by atoms with van der Waals surface area (Å²) in [5.74, 6) is 0.557. The highest BCUT2D eigenvalue weighted by atomic mass is 16.6. The van der Waals surface area contributed by atoms with Gasteiger partial charge in [0.1, 0.15) is 17.0 Å². The summed E-state index contributed by atoms with van der Waals surface area (Å²) in [6.07, 6.45) is 0.560. The van der Waals surface area contributed by atoms with Gasteiger partial charge in [0.25, 0.3) is 0 Å². The van der Waals surface area contributed by atoms with Gasteiger partial charge in [0.2, 0.25) is 0 Å². The highest BCUT2D eigenvalue weighted by Crippen LogP contribution is 2.19. The molecule has 0 aliphatic carbocycles. The van der Waals surface area contributed by atoms with Gasteiger partial charge in [-0.1, -0.05) is 12.1 Å². The zero-order valence-electron chi connectivity index (χ0n) is 14.0. The zero-order valence-corrected chi connectivity index (χ0v) is 14.0. The van der Waals surface area contributed by atoms with E-state index < -0.39 is 11.6 Å². The molecule has 1 rings (SSSR count). The summed E-state index contributed by atoms with van der Waals surface area (Å²) in [7, 11) is 0. The number of carbonyl (C=O) groups is 1. The molecule has 0 heterocycles. The van der Waals surface area contributed by atoms with E-state index in [0.717, 1.165) is 11.3 Å². The summed E-state index contributed by atoms with van der Waals surface area (Å²) in [6, 6.07) is 7.36. The van der Waals surface area contributed by atoms with Gasteiger partial charge < -0.3 is 15.2 Å². The van der Waals surface area contributed by atoms with Crippen molar-refractivity contribution in [3.8, 4) is 5.75 Å². The number of esters is 1. The van der Waals surface area contributed by atoms with Gasteiger partial charge in [-0.05, 0) is 59.2 Å². The third kappa shape index (κ3) is 7.14. The van der Waals surface area contributed by atoms with Crippen molar-refractivity contribution < 1.29 is 20.0 Å². The third-order valence-corrected chi connectivity index (χ3v) is 2.57. The van der Waals surface area contributed by atoms with Gasteiger partial charge in [0.05, 0.1) is 0 Å². The maximum absolute atomic E-state index is 11.9. The molecule has 4 heteroatoms. The first kappa shape index (κ1) is 17.5. The van der Waals surface area contributed by atoms with Gasteiger partial charge in [-0.2, -0.15) is 0 Å². The first-order valence-electron chi connectivity index (χ1n) is 7.30. The number of benzene rings is 1. The quantitative estimate of drug-likeness (QED) is 0.686. The van der Waals surface area contributed by atoms with Crippen LogP contribution in [0.25, 0.3) is 0 Å². The van der Waals surface area contributed by atoms with Crippen LogP contribution in [0.4, 0.5) is 0 Å². The number of carbonyl (C=O) groups excluding carboxylic acids is 1. The summed E-state index contributed by atoms with van der Waals surface area (Å²) in [5.41, 5.74) is 4.25. The van der Waals surface area contributed by atoms with Crippen LogP contribution in [0.1, 0.15) is 47.1 Å². The molecular weight excluding hydrogens is 275 g/mol. The minimum Gasteiger partial charge on any atom is -0.488 e. The van der Waals surface area contributed by atoms with Crippen molar-refractivity contribution in [3.63, 3.8) is 0 Å². The van der Waals surface area contributed by atoms with Crippen LogP contribution in [0, 0.1) is 0 Å². The third-order valence-electron chi connectivity index (χ3n) is 2.57. The Balaban J connectivity index is 2.61. The Kier molecular flexibility index (Phi) is 5.40. The fourth-order valence-electron chi connectivity index (χ4n) is 1.80. The maximum atomic E-state index is 11.9. The van der Waals surface area contributed by atoms with Gasteiger partial charge in [0, 0.05) is 6.42 Å². The number of rotatable bonds is 4. The fraction of sp³-hybridized carbons (Fsp3) is 0.588. The average Bonchev–Trinajstić information content (AvgIpc) is 2.27. The summed E-state index contributed by atoms with van der Waals surface area (Å²) >= 11 is 0. The van der Waals surface area contributed by atoms with Crippen LogP contribution in [0.3, 0.4) is 0 Å². The Morgan fingerprint density at radius 2 is 1.57 bits per heavy atom. The Morgan fingerprint density at radius 1 is 1.05 bits per heavy atom. The molecule has 118 valence electrons. The lowest BCUT2D eigenvalue weighted by atomic mass is 10.2. The van der Waals surface area contributed by atoms with E-state index in [4.69, 9.17) is 9.47 Å². The number of hydrogen-bond acceptors (Lipinski definition) is 3. The second-order valence-corrected chi connectivity index (χ2v) is 7.29. The van der Waals surface area contributed by atoms with Crippen molar-refractivity contribution in [1.29, 1.82) is 0 Å². The molecule has 0 bridgehead atoms. The summed E-state index contributed by atoms with van der Waals surface area (Å²) in [4.78, 5) is 11.9. The molecule has 0 fully saturated rings. The van der Waals surface area contributed by atoms with E-state index in [1.807, 2.05) is 65.8 Å². The number of hydrogen-bond donors (Lipinski definition) is 1. The zero-order chi connectivity index (χ0) is 16.3. The molecule has 0 aliphatic rings. The van der Waals surface area contributed by atoms with Crippen molar-refractivity contribution in [3.05, 3.63) is 29.8 Å².